The molecule has 2 amide bonds. The van der Waals surface area contributed by atoms with Gasteiger partial charge in [-0.2, -0.15) is 8.42 Å². The highest BCUT2D eigenvalue weighted by Gasteiger charge is 2.18. The molecule has 0 saturated carbocycles. The first kappa shape index (κ1) is 21.1. The van der Waals surface area contributed by atoms with Crippen LogP contribution < -0.4 is 9.50 Å². The Hall–Kier alpha value is -2.25. The second-order valence-corrected chi connectivity index (χ2v) is 8.53. The van der Waals surface area contributed by atoms with Gasteiger partial charge < -0.3 is 14.4 Å². The second-order valence-electron chi connectivity index (χ2n) is 6.23. The van der Waals surface area contributed by atoms with Crippen LogP contribution >= 0.6 is 11.6 Å². The summed E-state index contributed by atoms with van der Waals surface area (Å²) >= 11 is 5.86. The number of halogens is 1. The Bertz CT molecular complexity index is 866. The van der Waals surface area contributed by atoms with E-state index < -0.39 is 10.1 Å². The molecule has 0 fully saturated rings. The van der Waals surface area contributed by atoms with Crippen LogP contribution in [0.5, 0.6) is 5.75 Å². The highest BCUT2D eigenvalue weighted by atomic mass is 35.5. The monoisotopic (exact) mass is 410 g/mol. The van der Waals surface area contributed by atoms with Gasteiger partial charge in [0.2, 0.25) is 0 Å². The van der Waals surface area contributed by atoms with Gasteiger partial charge in [-0.05, 0) is 62.7 Å². The van der Waals surface area contributed by atoms with E-state index in [2.05, 4.69) is 5.32 Å². The summed E-state index contributed by atoms with van der Waals surface area (Å²) in [7, 11) is -3.56. The number of nitrogens with one attached hydrogen (secondary N) is 1. The van der Waals surface area contributed by atoms with E-state index >= 15 is 0 Å². The van der Waals surface area contributed by atoms with Crippen LogP contribution in [0.25, 0.3) is 0 Å². The van der Waals surface area contributed by atoms with E-state index in [4.69, 9.17) is 15.8 Å². The molecular formula is C19H23ClN2O4S. The van der Waals surface area contributed by atoms with Crippen LogP contribution in [0.3, 0.4) is 0 Å². The maximum atomic E-state index is 12.6. The summed E-state index contributed by atoms with van der Waals surface area (Å²) < 4.78 is 28.0. The molecular weight excluding hydrogens is 388 g/mol. The number of benzene rings is 2. The summed E-state index contributed by atoms with van der Waals surface area (Å²) in [5, 5.41) is 3.44. The molecule has 0 unspecified atom stereocenters. The van der Waals surface area contributed by atoms with Gasteiger partial charge in [0.25, 0.3) is 0 Å². The summed E-state index contributed by atoms with van der Waals surface area (Å²) in [6, 6.07) is 13.3. The molecule has 2 rings (SSSR count). The fraction of sp³-hybridized carbons (Fsp3) is 0.316. The zero-order chi connectivity index (χ0) is 20.0. The van der Waals surface area contributed by atoms with Gasteiger partial charge >= 0.3 is 16.1 Å². The van der Waals surface area contributed by atoms with Gasteiger partial charge in [-0.3, -0.25) is 0 Å². The zero-order valence-electron chi connectivity index (χ0n) is 15.5. The molecule has 0 bridgehead atoms. The smallest absolute Gasteiger partial charge is 0.322 e. The fourth-order valence-corrected chi connectivity index (χ4v) is 2.92. The van der Waals surface area contributed by atoms with Crippen molar-refractivity contribution in [1.29, 1.82) is 0 Å². The van der Waals surface area contributed by atoms with Crippen LogP contribution in [-0.2, 0) is 16.7 Å². The molecule has 1 N–H and O–H groups in total. The van der Waals surface area contributed by atoms with E-state index in [1.807, 2.05) is 13.8 Å². The number of hydrogen-bond donors (Lipinski definition) is 1. The number of carbonyl (C=O) groups excluding carboxylic acids is 1. The van der Waals surface area contributed by atoms with Crippen LogP contribution in [0.1, 0.15) is 26.3 Å². The first-order valence-corrected chi connectivity index (χ1v) is 10.5. The fourth-order valence-electron chi connectivity index (χ4n) is 2.27. The molecule has 8 heteroatoms. The predicted molar refractivity (Wildman–Crippen MR) is 108 cm³/mol. The lowest BCUT2D eigenvalue weighted by Gasteiger charge is -2.27. The molecule has 2 aromatic carbocycles. The lowest BCUT2D eigenvalue weighted by atomic mass is 10.2. The second kappa shape index (κ2) is 9.10. The van der Waals surface area contributed by atoms with Crippen molar-refractivity contribution in [2.45, 2.75) is 33.4 Å². The number of carbonyl (C=O) groups is 1. The third-order valence-electron chi connectivity index (χ3n) is 3.83. The van der Waals surface area contributed by atoms with Gasteiger partial charge in [-0.15, -0.1) is 0 Å². The van der Waals surface area contributed by atoms with E-state index in [1.165, 1.54) is 6.92 Å². The molecule has 0 spiro atoms. The van der Waals surface area contributed by atoms with Crippen LogP contribution in [0, 0.1) is 0 Å². The Morgan fingerprint density at radius 1 is 1.11 bits per heavy atom. The van der Waals surface area contributed by atoms with E-state index in [0.29, 0.717) is 17.3 Å². The molecule has 0 aliphatic rings. The Kier molecular flexibility index (Phi) is 7.10. The number of anilines is 1. The van der Waals surface area contributed by atoms with Gasteiger partial charge in [0.15, 0.2) is 0 Å². The van der Waals surface area contributed by atoms with Crippen LogP contribution in [-0.4, -0.2) is 31.1 Å². The van der Waals surface area contributed by atoms with E-state index in [1.54, 1.807) is 53.4 Å². The van der Waals surface area contributed by atoms with Crippen molar-refractivity contribution in [3.63, 3.8) is 0 Å². The maximum absolute atomic E-state index is 12.6. The minimum Gasteiger partial charge on any atom is -0.382 e. The summed E-state index contributed by atoms with van der Waals surface area (Å²) in [6.45, 7) is 5.74. The number of urea groups is 1. The largest absolute Gasteiger partial charge is 0.382 e. The molecule has 146 valence electrons. The highest BCUT2D eigenvalue weighted by Crippen LogP contribution is 2.18. The summed E-state index contributed by atoms with van der Waals surface area (Å²) in [5.41, 5.74) is 1.51. The first-order chi connectivity index (χ1) is 12.7. The van der Waals surface area contributed by atoms with Crippen molar-refractivity contribution in [3.8, 4) is 5.75 Å². The molecule has 0 atom stereocenters. The standard InChI is InChI=1S/C19H23ClN2O4S/c1-4-27(24,25)26-18-11-5-15(6-12-18)13-22(14(2)3)19(23)21-17-9-7-16(20)8-10-17/h5-12,14H,4,13H2,1-3H3,(H,21,23). The van der Waals surface area contributed by atoms with Gasteiger partial charge in [0, 0.05) is 23.3 Å². The highest BCUT2D eigenvalue weighted by molar-refractivity contribution is 7.87. The van der Waals surface area contributed by atoms with Crippen LogP contribution in [0.4, 0.5) is 10.5 Å². The Balaban J connectivity index is 2.06. The number of rotatable bonds is 7. The lowest BCUT2D eigenvalue weighted by Crippen LogP contribution is -2.39. The van der Waals surface area contributed by atoms with Crippen molar-refractivity contribution in [3.05, 3.63) is 59.1 Å². The van der Waals surface area contributed by atoms with Crippen molar-refractivity contribution in [2.24, 2.45) is 0 Å². The third-order valence-corrected chi connectivity index (χ3v) is 5.24. The number of amides is 2. The number of nitrogens with zero attached hydrogens (tertiary/aromatic N) is 1. The van der Waals surface area contributed by atoms with Gasteiger partial charge in [-0.1, -0.05) is 23.7 Å². The minimum atomic E-state index is -3.56. The van der Waals surface area contributed by atoms with Crippen LogP contribution in [0.15, 0.2) is 48.5 Å². The number of hydrogen-bond acceptors (Lipinski definition) is 4. The zero-order valence-corrected chi connectivity index (χ0v) is 17.0. The molecule has 0 saturated heterocycles. The molecule has 0 radical (unpaired) electrons. The van der Waals surface area contributed by atoms with E-state index in [-0.39, 0.29) is 23.6 Å². The summed E-state index contributed by atoms with van der Waals surface area (Å²) in [6.07, 6.45) is 0. The van der Waals surface area contributed by atoms with Crippen LogP contribution in [0.2, 0.25) is 5.02 Å². The average Bonchev–Trinajstić information content (AvgIpc) is 2.62. The van der Waals surface area contributed by atoms with Crippen molar-refractivity contribution in [1.82, 2.24) is 4.90 Å². The average molecular weight is 411 g/mol. The Morgan fingerprint density at radius 2 is 1.70 bits per heavy atom. The third kappa shape index (κ3) is 6.45. The topological polar surface area (TPSA) is 75.7 Å². The normalized spacial score (nSPS) is 11.3. The first-order valence-electron chi connectivity index (χ1n) is 8.54. The van der Waals surface area contributed by atoms with Gasteiger partial charge in [0.1, 0.15) is 5.75 Å². The molecule has 0 aliphatic carbocycles. The van der Waals surface area contributed by atoms with Gasteiger partial charge in [-0.25, -0.2) is 4.79 Å². The van der Waals surface area contributed by atoms with Crippen molar-refractivity contribution < 1.29 is 17.4 Å². The lowest BCUT2D eigenvalue weighted by molar-refractivity contribution is 0.193. The minimum absolute atomic E-state index is 0.0336. The van der Waals surface area contributed by atoms with Crippen molar-refractivity contribution >= 4 is 33.4 Å². The molecule has 2 aromatic rings. The molecule has 6 nitrogen and oxygen atoms in total. The van der Waals surface area contributed by atoms with Crippen molar-refractivity contribution in [2.75, 3.05) is 11.1 Å². The quantitative estimate of drug-likeness (QED) is 0.681. The predicted octanol–water partition coefficient (Wildman–Crippen LogP) is 4.51. The maximum Gasteiger partial charge on any atom is 0.322 e. The van der Waals surface area contributed by atoms with E-state index in [9.17, 15) is 13.2 Å². The SMILES string of the molecule is CCS(=O)(=O)Oc1ccc(CN(C(=O)Nc2ccc(Cl)cc2)C(C)C)cc1. The molecule has 0 aliphatic heterocycles. The molecule has 0 aromatic heterocycles. The van der Waals surface area contributed by atoms with Gasteiger partial charge in [0.05, 0.1) is 5.75 Å². The Labute approximate surface area is 165 Å². The van der Waals surface area contributed by atoms with E-state index in [0.717, 1.165) is 5.56 Å². The summed E-state index contributed by atoms with van der Waals surface area (Å²) in [5.74, 6) is 0.156. The summed E-state index contributed by atoms with van der Waals surface area (Å²) in [4.78, 5) is 14.3. The molecule has 0 heterocycles. The Morgan fingerprint density at radius 3 is 2.22 bits per heavy atom. The molecule has 27 heavy (non-hydrogen) atoms.